The van der Waals surface area contributed by atoms with E-state index in [1.165, 1.54) is 0 Å². The summed E-state index contributed by atoms with van der Waals surface area (Å²) >= 11 is 0. The molecule has 1 aliphatic rings. The first-order valence-electron chi connectivity index (χ1n) is 6.57. The number of piperazine rings is 1. The number of hydrogen-bond donors (Lipinski definition) is 2. The summed E-state index contributed by atoms with van der Waals surface area (Å²) in [6.45, 7) is 5.91. The molecule has 0 bridgehead atoms. The fourth-order valence-electron chi connectivity index (χ4n) is 2.07. The highest BCUT2D eigenvalue weighted by Gasteiger charge is 2.09. The van der Waals surface area contributed by atoms with Gasteiger partial charge in [0.15, 0.2) is 0 Å². The molecule has 2 rings (SSSR count). The van der Waals surface area contributed by atoms with Gasteiger partial charge in [0, 0.05) is 52.1 Å². The molecule has 0 unspecified atom stereocenters. The topological polar surface area (TPSA) is 57.5 Å². The van der Waals surface area contributed by atoms with Gasteiger partial charge in [0.2, 0.25) is 5.91 Å². The lowest BCUT2D eigenvalue weighted by molar-refractivity contribution is -0.121. The van der Waals surface area contributed by atoms with Gasteiger partial charge in [-0.3, -0.25) is 9.69 Å². The standard InChI is InChI=1S/C13H21N3O2/c17-13(4-3-12-2-1-11-18-12)15-7-10-16-8-5-14-6-9-16/h1-2,11,14H,3-10H2,(H,15,17). The Kier molecular flexibility index (Phi) is 5.23. The van der Waals surface area contributed by atoms with E-state index in [9.17, 15) is 4.79 Å². The highest BCUT2D eigenvalue weighted by molar-refractivity contribution is 5.76. The zero-order valence-electron chi connectivity index (χ0n) is 10.7. The molecule has 1 saturated heterocycles. The Balaban J connectivity index is 1.54. The van der Waals surface area contributed by atoms with Crippen molar-refractivity contribution in [1.82, 2.24) is 15.5 Å². The molecular weight excluding hydrogens is 230 g/mol. The first kappa shape index (κ1) is 13.1. The maximum absolute atomic E-state index is 11.6. The Labute approximate surface area is 108 Å². The van der Waals surface area contributed by atoms with E-state index in [0.717, 1.165) is 45.0 Å². The molecule has 2 N–H and O–H groups in total. The third-order valence-electron chi connectivity index (χ3n) is 3.14. The molecule has 0 saturated carbocycles. The second-order valence-electron chi connectivity index (χ2n) is 4.52. The smallest absolute Gasteiger partial charge is 0.220 e. The molecule has 1 aliphatic heterocycles. The van der Waals surface area contributed by atoms with Crippen molar-refractivity contribution in [3.63, 3.8) is 0 Å². The van der Waals surface area contributed by atoms with Gasteiger partial charge in [0.05, 0.1) is 6.26 Å². The van der Waals surface area contributed by atoms with E-state index < -0.39 is 0 Å². The Hall–Kier alpha value is -1.33. The number of carbonyl (C=O) groups is 1. The van der Waals surface area contributed by atoms with Gasteiger partial charge in [-0.1, -0.05) is 0 Å². The van der Waals surface area contributed by atoms with E-state index in [2.05, 4.69) is 15.5 Å². The molecule has 2 heterocycles. The van der Waals surface area contributed by atoms with Crippen LogP contribution in [0.15, 0.2) is 22.8 Å². The van der Waals surface area contributed by atoms with Crippen molar-refractivity contribution in [2.75, 3.05) is 39.3 Å². The van der Waals surface area contributed by atoms with Gasteiger partial charge >= 0.3 is 0 Å². The largest absolute Gasteiger partial charge is 0.469 e. The molecule has 1 aromatic heterocycles. The molecule has 0 atom stereocenters. The van der Waals surface area contributed by atoms with Crippen molar-refractivity contribution in [2.45, 2.75) is 12.8 Å². The van der Waals surface area contributed by atoms with Crippen LogP contribution < -0.4 is 10.6 Å². The van der Waals surface area contributed by atoms with Crippen LogP contribution in [0.5, 0.6) is 0 Å². The average molecular weight is 251 g/mol. The van der Waals surface area contributed by atoms with Crippen LogP contribution in [0.2, 0.25) is 0 Å². The Morgan fingerprint density at radius 1 is 1.44 bits per heavy atom. The predicted molar refractivity (Wildman–Crippen MR) is 69.3 cm³/mol. The summed E-state index contributed by atoms with van der Waals surface area (Å²) in [7, 11) is 0. The highest BCUT2D eigenvalue weighted by Crippen LogP contribution is 2.03. The number of carbonyl (C=O) groups excluding carboxylic acids is 1. The van der Waals surface area contributed by atoms with Crippen LogP contribution in [0.3, 0.4) is 0 Å². The molecule has 5 nitrogen and oxygen atoms in total. The number of aryl methyl sites for hydroxylation is 1. The zero-order valence-corrected chi connectivity index (χ0v) is 10.7. The monoisotopic (exact) mass is 251 g/mol. The van der Waals surface area contributed by atoms with Crippen molar-refractivity contribution in [1.29, 1.82) is 0 Å². The van der Waals surface area contributed by atoms with Crippen LogP contribution in [-0.2, 0) is 11.2 Å². The van der Waals surface area contributed by atoms with E-state index in [1.807, 2.05) is 12.1 Å². The Morgan fingerprint density at radius 3 is 3.00 bits per heavy atom. The number of nitrogens with one attached hydrogen (secondary N) is 2. The molecule has 0 aromatic carbocycles. The molecule has 0 radical (unpaired) electrons. The van der Waals surface area contributed by atoms with Gasteiger partial charge in [-0.25, -0.2) is 0 Å². The summed E-state index contributed by atoms with van der Waals surface area (Å²) in [4.78, 5) is 14.0. The first-order chi connectivity index (χ1) is 8.84. The average Bonchev–Trinajstić information content (AvgIpc) is 2.91. The summed E-state index contributed by atoms with van der Waals surface area (Å²) in [6, 6.07) is 3.74. The van der Waals surface area contributed by atoms with Crippen molar-refractivity contribution in [3.8, 4) is 0 Å². The lowest BCUT2D eigenvalue weighted by Gasteiger charge is -2.27. The maximum atomic E-state index is 11.6. The SMILES string of the molecule is O=C(CCc1ccco1)NCCN1CCNCC1. The van der Waals surface area contributed by atoms with Crippen LogP contribution in [0.1, 0.15) is 12.2 Å². The van der Waals surface area contributed by atoms with Crippen LogP contribution in [-0.4, -0.2) is 50.1 Å². The van der Waals surface area contributed by atoms with Crippen molar-refractivity contribution in [3.05, 3.63) is 24.2 Å². The van der Waals surface area contributed by atoms with E-state index in [4.69, 9.17) is 4.42 Å². The number of rotatable bonds is 6. The van der Waals surface area contributed by atoms with Crippen molar-refractivity contribution in [2.24, 2.45) is 0 Å². The molecule has 0 spiro atoms. The van der Waals surface area contributed by atoms with Crippen LogP contribution in [0.4, 0.5) is 0 Å². The number of amides is 1. The molecule has 1 aromatic rings. The van der Waals surface area contributed by atoms with Gasteiger partial charge in [-0.05, 0) is 12.1 Å². The van der Waals surface area contributed by atoms with Gasteiger partial charge in [0.25, 0.3) is 0 Å². The normalized spacial score (nSPS) is 16.7. The zero-order chi connectivity index (χ0) is 12.6. The Bertz CT molecular complexity index is 345. The van der Waals surface area contributed by atoms with Crippen molar-refractivity contribution >= 4 is 5.91 Å². The molecule has 100 valence electrons. The van der Waals surface area contributed by atoms with E-state index in [-0.39, 0.29) is 5.91 Å². The quantitative estimate of drug-likeness (QED) is 0.760. The van der Waals surface area contributed by atoms with E-state index >= 15 is 0 Å². The van der Waals surface area contributed by atoms with Gasteiger partial charge < -0.3 is 15.1 Å². The third kappa shape index (κ3) is 4.50. The fourth-order valence-corrected chi connectivity index (χ4v) is 2.07. The summed E-state index contributed by atoms with van der Waals surface area (Å²) in [5.74, 6) is 0.966. The van der Waals surface area contributed by atoms with Crippen LogP contribution in [0, 0.1) is 0 Å². The van der Waals surface area contributed by atoms with E-state index in [0.29, 0.717) is 12.8 Å². The first-order valence-corrected chi connectivity index (χ1v) is 6.57. The lowest BCUT2D eigenvalue weighted by Crippen LogP contribution is -2.46. The van der Waals surface area contributed by atoms with E-state index in [1.54, 1.807) is 6.26 Å². The van der Waals surface area contributed by atoms with Crippen LogP contribution >= 0.6 is 0 Å². The minimum Gasteiger partial charge on any atom is -0.469 e. The summed E-state index contributed by atoms with van der Waals surface area (Å²) in [5, 5.41) is 6.26. The second-order valence-corrected chi connectivity index (χ2v) is 4.52. The number of hydrogen-bond acceptors (Lipinski definition) is 4. The summed E-state index contributed by atoms with van der Waals surface area (Å²) in [5.41, 5.74) is 0. The summed E-state index contributed by atoms with van der Waals surface area (Å²) in [6.07, 6.45) is 2.80. The van der Waals surface area contributed by atoms with Crippen LogP contribution in [0.25, 0.3) is 0 Å². The fraction of sp³-hybridized carbons (Fsp3) is 0.615. The molecular formula is C13H21N3O2. The minimum atomic E-state index is 0.0986. The molecule has 18 heavy (non-hydrogen) atoms. The van der Waals surface area contributed by atoms with Crippen molar-refractivity contribution < 1.29 is 9.21 Å². The van der Waals surface area contributed by atoms with Gasteiger partial charge in [0.1, 0.15) is 5.76 Å². The molecule has 1 fully saturated rings. The van der Waals surface area contributed by atoms with Gasteiger partial charge in [-0.2, -0.15) is 0 Å². The van der Waals surface area contributed by atoms with Gasteiger partial charge in [-0.15, -0.1) is 0 Å². The minimum absolute atomic E-state index is 0.0986. The number of furan rings is 1. The maximum Gasteiger partial charge on any atom is 0.220 e. The summed E-state index contributed by atoms with van der Waals surface area (Å²) < 4.78 is 5.19. The molecule has 5 heteroatoms. The third-order valence-corrected chi connectivity index (χ3v) is 3.14. The number of nitrogens with zero attached hydrogens (tertiary/aromatic N) is 1. The molecule has 0 aliphatic carbocycles. The molecule has 1 amide bonds. The lowest BCUT2D eigenvalue weighted by atomic mass is 10.2. The highest BCUT2D eigenvalue weighted by atomic mass is 16.3. The Morgan fingerprint density at radius 2 is 2.28 bits per heavy atom. The predicted octanol–water partition coefficient (Wildman–Crippen LogP) is 0.234. The second kappa shape index (κ2) is 7.18.